The van der Waals surface area contributed by atoms with Crippen molar-refractivity contribution in [2.75, 3.05) is 23.9 Å². The third kappa shape index (κ3) is 3.02. The summed E-state index contributed by atoms with van der Waals surface area (Å²) in [5.41, 5.74) is 5.62. The number of sulfone groups is 1. The molecule has 0 atom stereocenters. The van der Waals surface area contributed by atoms with Gasteiger partial charge in [0.2, 0.25) is 0 Å². The van der Waals surface area contributed by atoms with Gasteiger partial charge in [-0.05, 0) is 39.5 Å². The molecule has 7 heteroatoms. The Morgan fingerprint density at radius 1 is 1.42 bits per heavy atom. The van der Waals surface area contributed by atoms with Gasteiger partial charge in [-0.3, -0.25) is 0 Å². The summed E-state index contributed by atoms with van der Waals surface area (Å²) in [6.45, 7) is 6.57. The Balaban J connectivity index is 2.44. The van der Waals surface area contributed by atoms with Crippen LogP contribution in [0.5, 0.6) is 0 Å². The summed E-state index contributed by atoms with van der Waals surface area (Å²) in [5.74, 6) is 1.21. The van der Waals surface area contributed by atoms with Gasteiger partial charge in [0.05, 0.1) is 5.54 Å². The summed E-state index contributed by atoms with van der Waals surface area (Å²) in [7, 11) is -3.40. The highest BCUT2D eigenvalue weighted by atomic mass is 32.2. The summed E-state index contributed by atoms with van der Waals surface area (Å²) in [6.07, 6.45) is 3.54. The first-order chi connectivity index (χ1) is 8.60. The fraction of sp³-hybridized carbons (Fsp3) is 0.750. The van der Waals surface area contributed by atoms with Crippen molar-refractivity contribution in [3.63, 3.8) is 0 Å². The van der Waals surface area contributed by atoms with Gasteiger partial charge in [-0.2, -0.15) is 5.10 Å². The maximum atomic E-state index is 11.9. The standard InChI is InChI=1S/C12H22N4O2S/c1-12(2,3)16-10(13)9(19(4,17)18)11(15-16)14-7-8-5-6-8/h8H,5-7,13H2,1-4H3,(H,14,15). The molecule has 0 radical (unpaired) electrons. The predicted molar refractivity (Wildman–Crippen MR) is 76.0 cm³/mol. The Bertz CT molecular complexity index is 580. The minimum atomic E-state index is -3.40. The highest BCUT2D eigenvalue weighted by Crippen LogP contribution is 2.33. The number of nitrogens with zero attached hydrogens (tertiary/aromatic N) is 2. The summed E-state index contributed by atoms with van der Waals surface area (Å²) in [5, 5.41) is 7.47. The maximum absolute atomic E-state index is 11.9. The SMILES string of the molecule is CC(C)(C)n1nc(NCC2CC2)c(S(C)(=O)=O)c1N. The van der Waals surface area contributed by atoms with Crippen LogP contribution in [0.3, 0.4) is 0 Å². The maximum Gasteiger partial charge on any atom is 0.182 e. The number of rotatable bonds is 4. The van der Waals surface area contributed by atoms with E-state index in [4.69, 9.17) is 5.73 Å². The zero-order valence-corrected chi connectivity index (χ0v) is 12.7. The van der Waals surface area contributed by atoms with Gasteiger partial charge in [0.1, 0.15) is 5.82 Å². The molecule has 1 fully saturated rings. The third-order valence-electron chi connectivity index (χ3n) is 3.14. The van der Waals surface area contributed by atoms with Gasteiger partial charge in [0.25, 0.3) is 0 Å². The van der Waals surface area contributed by atoms with Gasteiger partial charge >= 0.3 is 0 Å². The van der Waals surface area contributed by atoms with Crippen LogP contribution in [0.4, 0.5) is 11.6 Å². The molecule has 0 amide bonds. The van der Waals surface area contributed by atoms with Crippen LogP contribution in [0.1, 0.15) is 33.6 Å². The van der Waals surface area contributed by atoms with Crippen LogP contribution in [0.15, 0.2) is 4.90 Å². The van der Waals surface area contributed by atoms with Crippen molar-refractivity contribution in [1.82, 2.24) is 9.78 Å². The van der Waals surface area contributed by atoms with E-state index in [2.05, 4.69) is 10.4 Å². The van der Waals surface area contributed by atoms with Crippen molar-refractivity contribution in [2.45, 2.75) is 44.0 Å². The minimum Gasteiger partial charge on any atom is -0.383 e. The number of hydrogen-bond donors (Lipinski definition) is 2. The van der Waals surface area contributed by atoms with Crippen LogP contribution in [0.25, 0.3) is 0 Å². The van der Waals surface area contributed by atoms with Gasteiger partial charge < -0.3 is 11.1 Å². The summed E-state index contributed by atoms with van der Waals surface area (Å²) < 4.78 is 25.4. The van der Waals surface area contributed by atoms with Crippen LogP contribution in [-0.4, -0.2) is 31.0 Å². The summed E-state index contributed by atoms with van der Waals surface area (Å²) in [4.78, 5) is 0.114. The minimum absolute atomic E-state index is 0.114. The average Bonchev–Trinajstić information content (AvgIpc) is 2.95. The molecular formula is C12H22N4O2S. The molecule has 1 saturated carbocycles. The van der Waals surface area contributed by atoms with Gasteiger partial charge in [0, 0.05) is 12.8 Å². The Labute approximate surface area is 114 Å². The third-order valence-corrected chi connectivity index (χ3v) is 4.28. The molecule has 0 spiro atoms. The number of aromatic nitrogens is 2. The van der Waals surface area contributed by atoms with Crippen LogP contribution < -0.4 is 11.1 Å². The van der Waals surface area contributed by atoms with E-state index in [0.29, 0.717) is 11.7 Å². The lowest BCUT2D eigenvalue weighted by molar-refractivity contribution is 0.362. The first-order valence-corrected chi connectivity index (χ1v) is 8.32. The molecule has 108 valence electrons. The zero-order chi connectivity index (χ0) is 14.4. The second-order valence-electron chi connectivity index (χ2n) is 6.24. The smallest absolute Gasteiger partial charge is 0.182 e. The monoisotopic (exact) mass is 286 g/mol. The second-order valence-corrected chi connectivity index (χ2v) is 8.19. The fourth-order valence-electron chi connectivity index (χ4n) is 1.97. The van der Waals surface area contributed by atoms with E-state index in [1.807, 2.05) is 20.8 Å². The van der Waals surface area contributed by atoms with Crippen LogP contribution in [0, 0.1) is 5.92 Å². The lowest BCUT2D eigenvalue weighted by Gasteiger charge is -2.20. The molecule has 1 heterocycles. The molecular weight excluding hydrogens is 264 g/mol. The number of nitrogens with two attached hydrogens (primary N) is 1. The molecule has 3 N–H and O–H groups in total. The quantitative estimate of drug-likeness (QED) is 0.874. The van der Waals surface area contributed by atoms with Gasteiger partial charge in [-0.15, -0.1) is 0 Å². The molecule has 6 nitrogen and oxygen atoms in total. The normalized spacial score (nSPS) is 16.6. The number of anilines is 2. The summed E-state index contributed by atoms with van der Waals surface area (Å²) >= 11 is 0. The molecule has 0 aliphatic heterocycles. The first kappa shape index (κ1) is 14.2. The average molecular weight is 286 g/mol. The van der Waals surface area contributed by atoms with Crippen molar-refractivity contribution in [2.24, 2.45) is 5.92 Å². The van der Waals surface area contributed by atoms with Crippen molar-refractivity contribution >= 4 is 21.5 Å². The number of nitrogen functional groups attached to an aromatic ring is 1. The van der Waals surface area contributed by atoms with E-state index < -0.39 is 9.84 Å². The highest BCUT2D eigenvalue weighted by Gasteiger charge is 2.30. The van der Waals surface area contributed by atoms with Gasteiger partial charge in [-0.25, -0.2) is 13.1 Å². The Morgan fingerprint density at radius 3 is 2.42 bits per heavy atom. The number of nitrogens with one attached hydrogen (secondary N) is 1. The summed E-state index contributed by atoms with van der Waals surface area (Å²) in [6, 6.07) is 0. The van der Waals surface area contributed by atoms with Crippen molar-refractivity contribution in [3.05, 3.63) is 0 Å². The lowest BCUT2D eigenvalue weighted by Crippen LogP contribution is -2.25. The molecule has 0 saturated heterocycles. The molecule has 2 rings (SSSR count). The van der Waals surface area contributed by atoms with Gasteiger partial charge in [0.15, 0.2) is 20.6 Å². The molecule has 1 aliphatic carbocycles. The molecule has 1 aromatic heterocycles. The zero-order valence-electron chi connectivity index (χ0n) is 11.9. The van der Waals surface area contributed by atoms with E-state index in [9.17, 15) is 8.42 Å². The molecule has 1 aliphatic rings. The van der Waals surface area contributed by atoms with E-state index in [-0.39, 0.29) is 16.3 Å². The topological polar surface area (TPSA) is 90.0 Å². The fourth-order valence-corrected chi connectivity index (χ4v) is 2.90. The van der Waals surface area contributed by atoms with Crippen LogP contribution >= 0.6 is 0 Å². The predicted octanol–water partition coefficient (Wildman–Crippen LogP) is 1.45. The Kier molecular flexibility index (Phi) is 3.28. The van der Waals surface area contributed by atoms with Gasteiger partial charge in [-0.1, -0.05) is 0 Å². The highest BCUT2D eigenvalue weighted by molar-refractivity contribution is 7.91. The Morgan fingerprint density at radius 2 is 2.00 bits per heavy atom. The van der Waals surface area contributed by atoms with E-state index >= 15 is 0 Å². The molecule has 0 unspecified atom stereocenters. The number of hydrogen-bond acceptors (Lipinski definition) is 5. The van der Waals surface area contributed by atoms with Crippen molar-refractivity contribution in [1.29, 1.82) is 0 Å². The lowest BCUT2D eigenvalue weighted by atomic mass is 10.1. The molecule has 0 aromatic carbocycles. The largest absolute Gasteiger partial charge is 0.383 e. The van der Waals surface area contributed by atoms with E-state index in [1.165, 1.54) is 12.8 Å². The van der Waals surface area contributed by atoms with Crippen molar-refractivity contribution < 1.29 is 8.42 Å². The molecule has 19 heavy (non-hydrogen) atoms. The molecule has 1 aromatic rings. The van der Waals surface area contributed by atoms with E-state index in [1.54, 1.807) is 4.68 Å². The second kappa shape index (κ2) is 4.40. The van der Waals surface area contributed by atoms with Crippen LogP contribution in [0.2, 0.25) is 0 Å². The van der Waals surface area contributed by atoms with Crippen LogP contribution in [-0.2, 0) is 15.4 Å². The van der Waals surface area contributed by atoms with Crippen molar-refractivity contribution in [3.8, 4) is 0 Å². The molecule has 0 bridgehead atoms. The van der Waals surface area contributed by atoms with E-state index in [0.717, 1.165) is 12.8 Å². The first-order valence-electron chi connectivity index (χ1n) is 6.43. The Hall–Kier alpha value is -1.24.